The largest absolute Gasteiger partial charge is 0.456 e. The van der Waals surface area contributed by atoms with Gasteiger partial charge in [0, 0.05) is 49.1 Å². The molecule has 0 unspecified atom stereocenters. The van der Waals surface area contributed by atoms with E-state index in [9.17, 15) is 0 Å². The van der Waals surface area contributed by atoms with Gasteiger partial charge < -0.3 is 18.0 Å². The first kappa shape index (κ1) is 27.7. The number of fused-ring (bicyclic) bond motifs is 13. The number of aryl methyl sites for hydroxylation is 4. The summed E-state index contributed by atoms with van der Waals surface area (Å²) in [5.41, 5.74) is 15.3. The van der Waals surface area contributed by atoms with E-state index in [0.29, 0.717) is 0 Å². The van der Waals surface area contributed by atoms with Crippen LogP contribution in [0.1, 0.15) is 22.3 Å². The van der Waals surface area contributed by atoms with Crippen molar-refractivity contribution in [1.82, 2.24) is 9.13 Å². The van der Waals surface area contributed by atoms with Gasteiger partial charge in [0.05, 0.1) is 27.5 Å². The van der Waals surface area contributed by atoms with Crippen molar-refractivity contribution in [3.63, 3.8) is 0 Å². The Hall–Kier alpha value is -6.26. The van der Waals surface area contributed by atoms with Gasteiger partial charge in [-0.15, -0.1) is 0 Å². The topological polar surface area (TPSA) is 36.1 Å². The molecular formula is C46H32N2O2. The molecule has 0 N–H and O–H groups in total. The van der Waals surface area contributed by atoms with Crippen LogP contribution in [0.15, 0.2) is 130 Å². The minimum absolute atomic E-state index is 0.875. The molecular weight excluding hydrogens is 613 g/mol. The Labute approximate surface area is 287 Å². The first-order valence-corrected chi connectivity index (χ1v) is 17.3. The average molecular weight is 645 g/mol. The highest BCUT2D eigenvalue weighted by atomic mass is 16.3. The first-order chi connectivity index (χ1) is 24.5. The molecule has 0 aliphatic rings. The van der Waals surface area contributed by atoms with E-state index in [0.717, 1.165) is 71.9 Å². The number of furan rings is 2. The predicted molar refractivity (Wildman–Crippen MR) is 209 cm³/mol. The van der Waals surface area contributed by atoms with E-state index in [4.69, 9.17) is 8.83 Å². The molecule has 0 bridgehead atoms. The van der Waals surface area contributed by atoms with Crippen LogP contribution in [0.3, 0.4) is 0 Å². The Morgan fingerprint density at radius 1 is 0.380 bits per heavy atom. The van der Waals surface area contributed by atoms with Crippen LogP contribution in [0.4, 0.5) is 0 Å². The van der Waals surface area contributed by atoms with Gasteiger partial charge >= 0.3 is 0 Å². The average Bonchev–Trinajstić information content (AvgIpc) is 3.88. The van der Waals surface area contributed by atoms with Gasteiger partial charge in [0.25, 0.3) is 0 Å². The molecule has 0 aliphatic heterocycles. The van der Waals surface area contributed by atoms with Gasteiger partial charge in [0.1, 0.15) is 22.3 Å². The Balaban J connectivity index is 1.24. The summed E-state index contributed by atoms with van der Waals surface area (Å²) in [7, 11) is 0. The maximum Gasteiger partial charge on any atom is 0.147 e. The van der Waals surface area contributed by atoms with Crippen molar-refractivity contribution >= 4 is 87.5 Å². The summed E-state index contributed by atoms with van der Waals surface area (Å²) in [6.07, 6.45) is 0. The maximum atomic E-state index is 6.92. The molecule has 0 amide bonds. The molecule has 4 heterocycles. The van der Waals surface area contributed by atoms with Gasteiger partial charge in [-0.2, -0.15) is 0 Å². The van der Waals surface area contributed by atoms with Crippen molar-refractivity contribution in [2.45, 2.75) is 27.7 Å². The molecule has 0 saturated carbocycles. The molecule has 11 aromatic rings. The minimum Gasteiger partial charge on any atom is -0.456 e. The molecule has 4 aromatic heterocycles. The number of benzene rings is 7. The summed E-state index contributed by atoms with van der Waals surface area (Å²) in [4.78, 5) is 0. The quantitative estimate of drug-likeness (QED) is 0.188. The predicted octanol–water partition coefficient (Wildman–Crippen LogP) is 12.9. The zero-order valence-corrected chi connectivity index (χ0v) is 28.3. The van der Waals surface area contributed by atoms with Crippen molar-refractivity contribution < 1.29 is 8.83 Å². The van der Waals surface area contributed by atoms with Crippen LogP contribution in [0.5, 0.6) is 0 Å². The van der Waals surface area contributed by atoms with Gasteiger partial charge in [-0.05, 0) is 98.5 Å². The van der Waals surface area contributed by atoms with E-state index in [1.165, 1.54) is 49.2 Å². The van der Waals surface area contributed by atoms with Crippen molar-refractivity contribution in [2.24, 2.45) is 0 Å². The lowest BCUT2D eigenvalue weighted by molar-refractivity contribution is 0.659. The summed E-state index contributed by atoms with van der Waals surface area (Å²) < 4.78 is 18.5. The second-order valence-electron chi connectivity index (χ2n) is 13.9. The summed E-state index contributed by atoms with van der Waals surface area (Å²) in [6, 6.07) is 43.8. The highest BCUT2D eigenvalue weighted by molar-refractivity contribution is 6.24. The number of hydrogen-bond acceptors (Lipinski definition) is 2. The van der Waals surface area contributed by atoms with E-state index >= 15 is 0 Å². The zero-order chi connectivity index (χ0) is 33.4. The van der Waals surface area contributed by atoms with E-state index in [1.54, 1.807) is 0 Å². The fourth-order valence-corrected chi connectivity index (χ4v) is 8.71. The van der Waals surface area contributed by atoms with Gasteiger partial charge in [0.15, 0.2) is 0 Å². The van der Waals surface area contributed by atoms with Crippen LogP contribution in [0.25, 0.3) is 98.9 Å². The lowest BCUT2D eigenvalue weighted by atomic mass is 9.97. The summed E-state index contributed by atoms with van der Waals surface area (Å²) in [6.45, 7) is 8.75. The number of para-hydroxylation sites is 4. The third-order valence-corrected chi connectivity index (χ3v) is 11.2. The third kappa shape index (κ3) is 3.45. The van der Waals surface area contributed by atoms with Gasteiger partial charge in [-0.3, -0.25) is 0 Å². The first-order valence-electron chi connectivity index (χ1n) is 17.3. The molecule has 50 heavy (non-hydrogen) atoms. The van der Waals surface area contributed by atoms with Crippen LogP contribution in [0.2, 0.25) is 0 Å². The fraction of sp³-hybridized carbons (Fsp3) is 0.0870. The Bertz CT molecular complexity index is 3150. The lowest BCUT2D eigenvalue weighted by Crippen LogP contribution is -1.97. The molecule has 0 fully saturated rings. The molecule has 238 valence electrons. The number of nitrogens with zero attached hydrogens (tertiary/aromatic N) is 2. The molecule has 4 heteroatoms. The van der Waals surface area contributed by atoms with E-state index in [1.807, 2.05) is 0 Å². The Morgan fingerprint density at radius 2 is 0.760 bits per heavy atom. The van der Waals surface area contributed by atoms with Gasteiger partial charge in [-0.25, -0.2) is 0 Å². The molecule has 0 spiro atoms. The van der Waals surface area contributed by atoms with Crippen LogP contribution >= 0.6 is 0 Å². The zero-order valence-electron chi connectivity index (χ0n) is 28.3. The molecule has 0 saturated heterocycles. The highest BCUT2D eigenvalue weighted by Crippen LogP contribution is 2.46. The molecule has 0 atom stereocenters. The lowest BCUT2D eigenvalue weighted by Gasteiger charge is -2.12. The number of hydrogen-bond donors (Lipinski definition) is 0. The molecule has 4 nitrogen and oxygen atoms in total. The SMILES string of the molecule is Cc1cc2oc3c(c(C)c(C)c4oc5cc(C)c(-n6c7ccccc7c7ccccc76)cc5c43)c2cc1-n1c2ccccc2c2ccccc21. The minimum atomic E-state index is 0.875. The molecule has 7 aromatic carbocycles. The number of rotatable bonds is 2. The highest BCUT2D eigenvalue weighted by Gasteiger charge is 2.24. The summed E-state index contributed by atoms with van der Waals surface area (Å²) in [5.74, 6) is 0. The van der Waals surface area contributed by atoms with E-state index in [2.05, 4.69) is 158 Å². The van der Waals surface area contributed by atoms with E-state index < -0.39 is 0 Å². The standard InChI is InChI=1S/C46H32N2O2/c1-25-21-41-33(23-39(25)47-35-17-9-5-13-29(35)30-14-6-10-18-36(30)47)43-27(3)28(4)45-44(46(43)50-41)34-24-40(26(2)22-42(34)49-45)48-37-19-11-7-15-31(37)32-16-8-12-20-38(32)48/h5-24H,1-4H3. The van der Waals surface area contributed by atoms with Crippen LogP contribution in [-0.4, -0.2) is 9.13 Å². The van der Waals surface area contributed by atoms with Crippen LogP contribution in [0, 0.1) is 27.7 Å². The van der Waals surface area contributed by atoms with E-state index in [-0.39, 0.29) is 0 Å². The van der Waals surface area contributed by atoms with Crippen molar-refractivity contribution in [3.8, 4) is 11.4 Å². The Morgan fingerprint density at radius 3 is 1.20 bits per heavy atom. The smallest absolute Gasteiger partial charge is 0.147 e. The second kappa shape index (κ2) is 9.67. The van der Waals surface area contributed by atoms with Crippen LogP contribution in [-0.2, 0) is 0 Å². The summed E-state index contributed by atoms with van der Waals surface area (Å²) in [5, 5.41) is 9.38. The molecule has 11 rings (SSSR count). The molecule has 0 aliphatic carbocycles. The van der Waals surface area contributed by atoms with Gasteiger partial charge in [0.2, 0.25) is 0 Å². The van der Waals surface area contributed by atoms with Crippen molar-refractivity contribution in [1.29, 1.82) is 0 Å². The maximum absolute atomic E-state index is 6.92. The van der Waals surface area contributed by atoms with Crippen LogP contribution < -0.4 is 0 Å². The van der Waals surface area contributed by atoms with Crippen molar-refractivity contribution in [2.75, 3.05) is 0 Å². The van der Waals surface area contributed by atoms with Gasteiger partial charge in [-0.1, -0.05) is 72.8 Å². The monoisotopic (exact) mass is 644 g/mol. The fourth-order valence-electron chi connectivity index (χ4n) is 8.71. The molecule has 0 radical (unpaired) electrons. The summed E-state index contributed by atoms with van der Waals surface area (Å²) >= 11 is 0. The van der Waals surface area contributed by atoms with Crippen molar-refractivity contribution in [3.05, 3.63) is 144 Å². The normalized spacial score (nSPS) is 12.4. The second-order valence-corrected chi connectivity index (χ2v) is 13.9. The Kier molecular flexibility index (Phi) is 5.35. The number of aromatic nitrogens is 2. The third-order valence-electron chi connectivity index (χ3n) is 11.2.